The van der Waals surface area contributed by atoms with Gasteiger partial charge in [0.05, 0.1) is 35.6 Å². The quantitative estimate of drug-likeness (QED) is 0.177. The number of aromatic nitrogens is 1. The number of aryl methyl sites for hydroxylation is 3. The number of nitrogens with one attached hydrogen (secondary N) is 1. The smallest absolute Gasteiger partial charge is 0.271 e. The van der Waals surface area contributed by atoms with E-state index >= 15 is 0 Å². The van der Waals surface area contributed by atoms with Crippen molar-refractivity contribution in [1.29, 1.82) is 0 Å². The van der Waals surface area contributed by atoms with Crippen molar-refractivity contribution < 1.29 is 19.0 Å². The largest absolute Gasteiger partial charge is 0.497 e. The molecule has 49 heavy (non-hydrogen) atoms. The Kier molecular flexibility index (Phi) is 9.82. The minimum atomic E-state index is -0.698. The van der Waals surface area contributed by atoms with Crippen LogP contribution < -0.4 is 34.4 Å². The molecular formula is C40H39N3O5S. The van der Waals surface area contributed by atoms with Gasteiger partial charge >= 0.3 is 0 Å². The lowest BCUT2D eigenvalue weighted by atomic mass is 9.95. The molecule has 1 atom stereocenters. The number of carbonyl (C=O) groups excluding carboxylic acids is 1. The van der Waals surface area contributed by atoms with Gasteiger partial charge in [0.2, 0.25) is 0 Å². The van der Waals surface area contributed by atoms with Gasteiger partial charge in [-0.25, -0.2) is 4.99 Å². The second-order valence-corrected chi connectivity index (χ2v) is 13.0. The Morgan fingerprint density at radius 3 is 2.31 bits per heavy atom. The van der Waals surface area contributed by atoms with E-state index in [9.17, 15) is 9.59 Å². The molecule has 0 unspecified atom stereocenters. The molecule has 0 spiro atoms. The number of hydrogen-bond acceptors (Lipinski definition) is 7. The topological polar surface area (TPSA) is 91.2 Å². The molecule has 4 aromatic carbocycles. The number of anilines is 1. The van der Waals surface area contributed by atoms with Crippen molar-refractivity contribution in [3.8, 4) is 17.2 Å². The van der Waals surface area contributed by atoms with Crippen LogP contribution >= 0.6 is 11.3 Å². The van der Waals surface area contributed by atoms with Gasteiger partial charge < -0.3 is 19.5 Å². The van der Waals surface area contributed by atoms with E-state index in [1.165, 1.54) is 28.0 Å². The lowest BCUT2D eigenvalue weighted by Crippen LogP contribution is -2.40. The Hall–Kier alpha value is -5.41. The summed E-state index contributed by atoms with van der Waals surface area (Å²) in [5, 5.41) is 2.99. The number of para-hydroxylation sites is 1. The molecule has 0 aliphatic carbocycles. The molecule has 0 radical (unpaired) electrons. The van der Waals surface area contributed by atoms with Gasteiger partial charge in [0.15, 0.2) is 16.3 Å². The number of allylic oxidation sites excluding steroid dienone is 1. The summed E-state index contributed by atoms with van der Waals surface area (Å²) in [6, 6.07) is 25.9. The normalized spacial score (nSPS) is 14.2. The minimum Gasteiger partial charge on any atom is -0.497 e. The van der Waals surface area contributed by atoms with Gasteiger partial charge in [0.1, 0.15) is 12.4 Å². The summed E-state index contributed by atoms with van der Waals surface area (Å²) < 4.78 is 19.7. The first-order valence-corrected chi connectivity index (χ1v) is 17.0. The molecule has 8 nitrogen and oxygen atoms in total. The number of nitrogens with zero attached hydrogens (tertiary/aromatic N) is 2. The highest BCUT2D eigenvalue weighted by atomic mass is 32.1. The van der Waals surface area contributed by atoms with Gasteiger partial charge in [0, 0.05) is 5.69 Å². The zero-order chi connectivity index (χ0) is 34.7. The van der Waals surface area contributed by atoms with Gasteiger partial charge in [-0.2, -0.15) is 0 Å². The van der Waals surface area contributed by atoms with Crippen LogP contribution in [0.15, 0.2) is 106 Å². The number of carbonyl (C=O) groups is 1. The number of methoxy groups -OCH3 is 1. The molecular weight excluding hydrogens is 635 g/mol. The summed E-state index contributed by atoms with van der Waals surface area (Å²) >= 11 is 1.29. The highest BCUT2D eigenvalue weighted by Crippen LogP contribution is 2.33. The third kappa shape index (κ3) is 7.07. The van der Waals surface area contributed by atoms with Gasteiger partial charge in [0.25, 0.3) is 11.5 Å². The second-order valence-electron chi connectivity index (χ2n) is 12.0. The third-order valence-electron chi connectivity index (χ3n) is 8.51. The van der Waals surface area contributed by atoms with E-state index in [2.05, 4.69) is 38.2 Å². The van der Waals surface area contributed by atoms with Crippen LogP contribution in [-0.2, 0) is 11.4 Å². The van der Waals surface area contributed by atoms with Crippen molar-refractivity contribution in [2.24, 2.45) is 4.99 Å². The highest BCUT2D eigenvalue weighted by molar-refractivity contribution is 7.07. The van der Waals surface area contributed by atoms with Crippen LogP contribution in [0.5, 0.6) is 17.2 Å². The van der Waals surface area contributed by atoms with E-state index in [4.69, 9.17) is 19.2 Å². The average molecular weight is 674 g/mol. The number of hydrogen-bond donors (Lipinski definition) is 1. The zero-order valence-corrected chi connectivity index (χ0v) is 29.3. The lowest BCUT2D eigenvalue weighted by Gasteiger charge is -2.25. The van der Waals surface area contributed by atoms with Crippen LogP contribution in [0.4, 0.5) is 5.69 Å². The minimum absolute atomic E-state index is 0.245. The third-order valence-corrected chi connectivity index (χ3v) is 9.49. The van der Waals surface area contributed by atoms with Crippen molar-refractivity contribution in [3.63, 3.8) is 0 Å². The van der Waals surface area contributed by atoms with Crippen LogP contribution in [0.25, 0.3) is 6.08 Å². The second kappa shape index (κ2) is 14.4. The summed E-state index contributed by atoms with van der Waals surface area (Å²) in [7, 11) is 1.60. The first kappa shape index (κ1) is 33.5. The maximum atomic E-state index is 14.2. The number of fused-ring (bicyclic) bond motifs is 1. The first-order valence-electron chi connectivity index (χ1n) is 16.2. The maximum Gasteiger partial charge on any atom is 0.271 e. The summed E-state index contributed by atoms with van der Waals surface area (Å²) in [5.74, 6) is 1.58. The van der Waals surface area contributed by atoms with Gasteiger partial charge in [-0.1, -0.05) is 65.4 Å². The number of thiazole rings is 1. The van der Waals surface area contributed by atoms with E-state index in [1.807, 2.05) is 85.8 Å². The summed E-state index contributed by atoms with van der Waals surface area (Å²) in [5.41, 5.74) is 7.64. The molecule has 5 aromatic rings. The van der Waals surface area contributed by atoms with Gasteiger partial charge in [-0.15, -0.1) is 0 Å². The van der Waals surface area contributed by atoms with Crippen LogP contribution in [-0.4, -0.2) is 24.2 Å². The van der Waals surface area contributed by atoms with E-state index in [0.29, 0.717) is 56.8 Å². The number of amides is 1. The fourth-order valence-electron chi connectivity index (χ4n) is 6.17. The van der Waals surface area contributed by atoms with Crippen molar-refractivity contribution in [2.45, 2.75) is 47.3 Å². The van der Waals surface area contributed by atoms with Gasteiger partial charge in [-0.3, -0.25) is 14.2 Å². The van der Waals surface area contributed by atoms with Crippen LogP contribution in [0.1, 0.15) is 53.3 Å². The Balaban J connectivity index is 1.38. The summed E-state index contributed by atoms with van der Waals surface area (Å²) in [6.07, 6.45) is 1.83. The molecule has 2 heterocycles. The molecule has 0 bridgehead atoms. The first-order chi connectivity index (χ1) is 23.7. The fourth-order valence-corrected chi connectivity index (χ4v) is 7.22. The van der Waals surface area contributed by atoms with Gasteiger partial charge in [-0.05, 0) is 105 Å². The summed E-state index contributed by atoms with van der Waals surface area (Å²) in [6.45, 7) is 10.9. The van der Waals surface area contributed by atoms with E-state index in [-0.39, 0.29) is 11.5 Å². The Morgan fingerprint density at radius 1 is 0.918 bits per heavy atom. The number of rotatable bonds is 10. The van der Waals surface area contributed by atoms with Crippen molar-refractivity contribution in [1.82, 2.24) is 4.57 Å². The SMILES string of the molecule is CCOc1cc(/C=c2/sc3n(c2=O)[C@H](c2ccc(OC)cc2)C(C(=O)Nc2ccccc2)=C(C)N=3)ccc1OCc1c(C)cc(C)cc1C. The highest BCUT2D eigenvalue weighted by Gasteiger charge is 2.32. The number of benzene rings is 4. The molecule has 1 amide bonds. The zero-order valence-electron chi connectivity index (χ0n) is 28.5. The van der Waals surface area contributed by atoms with Crippen LogP contribution in [0.3, 0.4) is 0 Å². The lowest BCUT2D eigenvalue weighted by molar-refractivity contribution is -0.113. The molecule has 9 heteroatoms. The van der Waals surface area contributed by atoms with Crippen LogP contribution in [0, 0.1) is 20.8 Å². The monoisotopic (exact) mass is 673 g/mol. The summed E-state index contributed by atoms with van der Waals surface area (Å²) in [4.78, 5) is 33.3. The molecule has 0 saturated heterocycles. The predicted octanol–water partition coefficient (Wildman–Crippen LogP) is 6.79. The molecule has 6 rings (SSSR count). The Morgan fingerprint density at radius 2 is 1.63 bits per heavy atom. The molecule has 1 N–H and O–H groups in total. The maximum absolute atomic E-state index is 14.2. The standard InChI is InChI=1S/C40H39N3O5S/c1-7-47-34-21-28(13-18-33(34)48-23-32-25(3)19-24(2)20-26(32)4)22-35-39(45)43-37(29-14-16-31(46-6)17-15-29)36(27(5)41-40(43)49-35)38(44)42-30-11-9-8-10-12-30/h8-22,37H,7,23H2,1-6H3,(H,42,44)/b35-22+/t37-/m1/s1. The molecule has 0 fully saturated rings. The molecule has 1 aliphatic rings. The van der Waals surface area contributed by atoms with Crippen molar-refractivity contribution in [3.05, 3.63) is 149 Å². The Labute approximate surface area is 289 Å². The average Bonchev–Trinajstić information content (AvgIpc) is 3.38. The Bertz CT molecular complexity index is 2210. The van der Waals surface area contributed by atoms with E-state index < -0.39 is 6.04 Å². The number of ether oxygens (including phenoxy) is 3. The molecule has 1 aromatic heterocycles. The van der Waals surface area contributed by atoms with Crippen LogP contribution in [0.2, 0.25) is 0 Å². The molecule has 0 saturated carbocycles. The van der Waals surface area contributed by atoms with E-state index in [1.54, 1.807) is 18.6 Å². The molecule has 250 valence electrons. The predicted molar refractivity (Wildman–Crippen MR) is 194 cm³/mol. The van der Waals surface area contributed by atoms with E-state index in [0.717, 1.165) is 16.7 Å². The molecule has 1 aliphatic heterocycles. The van der Waals surface area contributed by atoms with Crippen molar-refractivity contribution >= 4 is 29.0 Å². The fraction of sp³-hybridized carbons (Fsp3) is 0.225. The van der Waals surface area contributed by atoms with Crippen molar-refractivity contribution in [2.75, 3.05) is 19.0 Å².